The Kier molecular flexibility index (Phi) is 3.87. The molecule has 0 aromatic heterocycles. The maximum atomic E-state index is 13.8. The summed E-state index contributed by atoms with van der Waals surface area (Å²) in [6, 6.07) is 3.96. The molecule has 0 aliphatic carbocycles. The van der Waals surface area contributed by atoms with Crippen molar-refractivity contribution >= 4 is 15.8 Å². The Morgan fingerprint density at radius 3 is 2.53 bits per heavy atom. The van der Waals surface area contributed by atoms with E-state index in [1.165, 1.54) is 25.1 Å². The number of rotatable bonds is 4. The lowest BCUT2D eigenvalue weighted by atomic mass is 10.0. The standard InChI is InChI=1S/C11H13FO4S/c1-7(11(13)14)6-8-4-3-5-9(10(8)12)17(2,15)16/h3-5,7H,6H2,1-2H3,(H,13,14). The molecule has 1 aromatic rings. The molecule has 1 rings (SSSR count). The van der Waals surface area contributed by atoms with E-state index in [9.17, 15) is 17.6 Å². The third-order valence-corrected chi connectivity index (χ3v) is 3.50. The minimum Gasteiger partial charge on any atom is -0.481 e. The van der Waals surface area contributed by atoms with Gasteiger partial charge in [-0.2, -0.15) is 0 Å². The summed E-state index contributed by atoms with van der Waals surface area (Å²) in [5, 5.41) is 8.72. The van der Waals surface area contributed by atoms with Gasteiger partial charge in [-0.15, -0.1) is 0 Å². The molecule has 0 saturated heterocycles. The first kappa shape index (κ1) is 13.6. The van der Waals surface area contributed by atoms with E-state index < -0.39 is 32.4 Å². The molecule has 0 bridgehead atoms. The molecule has 0 aliphatic rings. The minimum absolute atomic E-state index is 0.0372. The summed E-state index contributed by atoms with van der Waals surface area (Å²) in [5.74, 6) is -2.67. The van der Waals surface area contributed by atoms with Crippen molar-refractivity contribution in [3.8, 4) is 0 Å². The van der Waals surface area contributed by atoms with Crippen LogP contribution in [-0.4, -0.2) is 25.7 Å². The number of halogens is 1. The minimum atomic E-state index is -3.63. The molecule has 0 spiro atoms. The lowest BCUT2D eigenvalue weighted by Gasteiger charge is -2.09. The molecule has 0 fully saturated rings. The molecule has 0 amide bonds. The Hall–Kier alpha value is -1.43. The fourth-order valence-corrected chi connectivity index (χ4v) is 2.20. The molecule has 1 atom stereocenters. The molecule has 6 heteroatoms. The quantitative estimate of drug-likeness (QED) is 0.890. The summed E-state index contributed by atoms with van der Waals surface area (Å²) in [7, 11) is -3.63. The number of hydrogen-bond acceptors (Lipinski definition) is 3. The first-order chi connectivity index (χ1) is 7.73. The number of sulfone groups is 1. The average molecular weight is 260 g/mol. The van der Waals surface area contributed by atoms with Crippen LogP contribution in [0.25, 0.3) is 0 Å². The zero-order valence-corrected chi connectivity index (χ0v) is 10.3. The number of benzene rings is 1. The highest BCUT2D eigenvalue weighted by molar-refractivity contribution is 7.90. The van der Waals surface area contributed by atoms with Crippen LogP contribution in [0.15, 0.2) is 23.1 Å². The molecule has 4 nitrogen and oxygen atoms in total. The number of carboxylic acids is 1. The van der Waals surface area contributed by atoms with Crippen molar-refractivity contribution in [3.05, 3.63) is 29.6 Å². The van der Waals surface area contributed by atoms with Crippen LogP contribution in [0.3, 0.4) is 0 Å². The van der Waals surface area contributed by atoms with E-state index in [1.807, 2.05) is 0 Å². The largest absolute Gasteiger partial charge is 0.481 e. The van der Waals surface area contributed by atoms with Crippen LogP contribution in [0.2, 0.25) is 0 Å². The maximum Gasteiger partial charge on any atom is 0.306 e. The van der Waals surface area contributed by atoms with Crippen molar-refractivity contribution < 1.29 is 22.7 Å². The highest BCUT2D eigenvalue weighted by Crippen LogP contribution is 2.20. The summed E-state index contributed by atoms with van der Waals surface area (Å²) in [5.41, 5.74) is 0.0998. The van der Waals surface area contributed by atoms with Crippen molar-refractivity contribution in [2.75, 3.05) is 6.26 Å². The van der Waals surface area contributed by atoms with Gasteiger partial charge in [-0.05, 0) is 18.1 Å². The summed E-state index contributed by atoms with van der Waals surface area (Å²) in [6.45, 7) is 1.44. The predicted molar refractivity (Wildman–Crippen MR) is 60.0 cm³/mol. The normalized spacial score (nSPS) is 13.4. The van der Waals surface area contributed by atoms with Gasteiger partial charge >= 0.3 is 5.97 Å². The third kappa shape index (κ3) is 3.26. The molecule has 0 aliphatic heterocycles. The van der Waals surface area contributed by atoms with Gasteiger partial charge in [0.15, 0.2) is 9.84 Å². The fraction of sp³-hybridized carbons (Fsp3) is 0.364. The number of carbonyl (C=O) groups is 1. The number of aliphatic carboxylic acids is 1. The van der Waals surface area contributed by atoms with Gasteiger partial charge in [-0.25, -0.2) is 12.8 Å². The smallest absolute Gasteiger partial charge is 0.306 e. The Labute approximate surface area is 99.0 Å². The van der Waals surface area contributed by atoms with E-state index >= 15 is 0 Å². The van der Waals surface area contributed by atoms with Crippen LogP contribution < -0.4 is 0 Å². The maximum absolute atomic E-state index is 13.8. The van der Waals surface area contributed by atoms with Gasteiger partial charge in [0, 0.05) is 6.26 Å². The van der Waals surface area contributed by atoms with Crippen molar-refractivity contribution in [2.45, 2.75) is 18.2 Å². The first-order valence-corrected chi connectivity index (χ1v) is 6.83. The van der Waals surface area contributed by atoms with Crippen molar-refractivity contribution in [3.63, 3.8) is 0 Å². The SMILES string of the molecule is CC(Cc1cccc(S(C)(=O)=O)c1F)C(=O)O. The van der Waals surface area contributed by atoms with E-state index in [0.717, 1.165) is 6.26 Å². The van der Waals surface area contributed by atoms with Gasteiger partial charge in [0.05, 0.1) is 5.92 Å². The second kappa shape index (κ2) is 4.83. The molecule has 0 radical (unpaired) electrons. The second-order valence-corrected chi connectivity index (χ2v) is 5.93. The zero-order chi connectivity index (χ0) is 13.2. The van der Waals surface area contributed by atoms with Crippen LogP contribution in [0.4, 0.5) is 4.39 Å². The molecule has 0 heterocycles. The monoisotopic (exact) mass is 260 g/mol. The van der Waals surface area contributed by atoms with E-state index in [4.69, 9.17) is 5.11 Å². The molecule has 17 heavy (non-hydrogen) atoms. The van der Waals surface area contributed by atoms with E-state index in [2.05, 4.69) is 0 Å². The molecular formula is C11H13FO4S. The lowest BCUT2D eigenvalue weighted by molar-refractivity contribution is -0.141. The number of hydrogen-bond donors (Lipinski definition) is 1. The van der Waals surface area contributed by atoms with Gasteiger partial charge in [-0.1, -0.05) is 19.1 Å². The van der Waals surface area contributed by atoms with Crippen molar-refractivity contribution in [1.29, 1.82) is 0 Å². The fourth-order valence-electron chi connectivity index (χ4n) is 1.42. The summed E-state index contributed by atoms with van der Waals surface area (Å²) < 4.78 is 36.4. The second-order valence-electron chi connectivity index (χ2n) is 3.94. The Morgan fingerprint density at radius 1 is 1.47 bits per heavy atom. The van der Waals surface area contributed by atoms with Gasteiger partial charge in [0.25, 0.3) is 0 Å². The van der Waals surface area contributed by atoms with Crippen LogP contribution in [0, 0.1) is 11.7 Å². The topological polar surface area (TPSA) is 71.4 Å². The highest BCUT2D eigenvalue weighted by Gasteiger charge is 2.19. The predicted octanol–water partition coefficient (Wildman–Crippen LogP) is 1.49. The molecule has 1 unspecified atom stereocenters. The molecule has 0 saturated carbocycles. The number of carboxylic acid groups (broad SMARTS) is 1. The Morgan fingerprint density at radius 2 is 2.06 bits per heavy atom. The lowest BCUT2D eigenvalue weighted by Crippen LogP contribution is -2.14. The van der Waals surface area contributed by atoms with Gasteiger partial charge < -0.3 is 5.11 Å². The Bertz CT molecular complexity index is 536. The highest BCUT2D eigenvalue weighted by atomic mass is 32.2. The van der Waals surface area contributed by atoms with E-state index in [1.54, 1.807) is 0 Å². The van der Waals surface area contributed by atoms with Gasteiger partial charge in [-0.3, -0.25) is 4.79 Å². The third-order valence-electron chi connectivity index (χ3n) is 2.39. The molecule has 1 aromatic carbocycles. The van der Waals surface area contributed by atoms with Crippen molar-refractivity contribution in [1.82, 2.24) is 0 Å². The summed E-state index contributed by atoms with van der Waals surface area (Å²) >= 11 is 0. The van der Waals surface area contributed by atoms with Crippen LogP contribution in [-0.2, 0) is 21.1 Å². The Balaban J connectivity index is 3.16. The first-order valence-electron chi connectivity index (χ1n) is 4.93. The summed E-state index contributed by atoms with van der Waals surface area (Å²) in [4.78, 5) is 10.3. The average Bonchev–Trinajstić information content (AvgIpc) is 2.19. The molecule has 1 N–H and O–H groups in total. The van der Waals surface area contributed by atoms with Crippen LogP contribution in [0.1, 0.15) is 12.5 Å². The molecular weight excluding hydrogens is 247 g/mol. The molecule has 94 valence electrons. The van der Waals surface area contributed by atoms with Crippen LogP contribution >= 0.6 is 0 Å². The van der Waals surface area contributed by atoms with Crippen molar-refractivity contribution in [2.24, 2.45) is 5.92 Å². The van der Waals surface area contributed by atoms with Gasteiger partial charge in [0.2, 0.25) is 0 Å². The van der Waals surface area contributed by atoms with E-state index in [0.29, 0.717) is 0 Å². The van der Waals surface area contributed by atoms with Crippen LogP contribution in [0.5, 0.6) is 0 Å². The van der Waals surface area contributed by atoms with E-state index in [-0.39, 0.29) is 12.0 Å². The summed E-state index contributed by atoms with van der Waals surface area (Å²) in [6.07, 6.45) is 0.875. The zero-order valence-electron chi connectivity index (χ0n) is 9.47. The van der Waals surface area contributed by atoms with Gasteiger partial charge in [0.1, 0.15) is 10.7 Å².